The molecule has 0 heterocycles. The first-order valence-electron chi connectivity index (χ1n) is 4.63. The van der Waals surface area contributed by atoms with Gasteiger partial charge in [-0.1, -0.05) is 34.1 Å². The summed E-state index contributed by atoms with van der Waals surface area (Å²) in [5.74, 6) is 1.74. The quantitative estimate of drug-likeness (QED) is 0.575. The second-order valence-corrected chi connectivity index (χ2v) is 4.06. The third kappa shape index (κ3) is 5.23. The molecule has 0 radical (unpaired) electrons. The summed E-state index contributed by atoms with van der Waals surface area (Å²) in [6, 6.07) is 0. The van der Waals surface area contributed by atoms with E-state index in [4.69, 9.17) is 0 Å². The van der Waals surface area contributed by atoms with Gasteiger partial charge in [0, 0.05) is 0 Å². The lowest BCUT2D eigenvalue weighted by Gasteiger charge is -2.16. The van der Waals surface area contributed by atoms with Crippen molar-refractivity contribution < 1.29 is 4.39 Å². The summed E-state index contributed by atoms with van der Waals surface area (Å²) >= 11 is 0. The smallest absolute Gasteiger partial charge is 0.0919 e. The van der Waals surface area contributed by atoms with E-state index in [-0.39, 0.29) is 12.6 Å². The van der Waals surface area contributed by atoms with E-state index >= 15 is 0 Å². The Morgan fingerprint density at radius 3 is 1.91 bits per heavy atom. The molecule has 0 aliphatic heterocycles. The molecular weight excluding hydrogens is 139 g/mol. The Bertz CT molecular complexity index is 88.9. The van der Waals surface area contributed by atoms with Gasteiger partial charge in [0.2, 0.25) is 0 Å². The minimum atomic E-state index is -0.162. The van der Waals surface area contributed by atoms with Gasteiger partial charge in [-0.2, -0.15) is 0 Å². The molecule has 2 atom stereocenters. The highest BCUT2D eigenvalue weighted by molar-refractivity contribution is 4.59. The van der Waals surface area contributed by atoms with Crippen LogP contribution in [0.3, 0.4) is 0 Å². The summed E-state index contributed by atoms with van der Waals surface area (Å²) in [7, 11) is 0. The molecule has 0 aromatic heterocycles. The summed E-state index contributed by atoms with van der Waals surface area (Å²) in [6.07, 6.45) is 2.21. The molecule has 0 saturated heterocycles. The van der Waals surface area contributed by atoms with Crippen LogP contribution in [0.1, 0.15) is 40.5 Å². The summed E-state index contributed by atoms with van der Waals surface area (Å²) in [5.41, 5.74) is 0. The van der Waals surface area contributed by atoms with Gasteiger partial charge >= 0.3 is 0 Å². The summed E-state index contributed by atoms with van der Waals surface area (Å²) in [6.45, 7) is 8.52. The molecule has 0 aromatic carbocycles. The standard InChI is InChI=1S/C10H21F/c1-8(2)10(4)6-5-9(3)7-11/h8-10H,5-7H2,1-4H3. The molecule has 11 heavy (non-hydrogen) atoms. The van der Waals surface area contributed by atoms with Crippen LogP contribution in [-0.2, 0) is 0 Å². The third-order valence-corrected chi connectivity index (χ3v) is 2.52. The molecule has 0 nitrogen and oxygen atoms in total. The van der Waals surface area contributed by atoms with E-state index in [2.05, 4.69) is 20.8 Å². The molecule has 2 unspecified atom stereocenters. The van der Waals surface area contributed by atoms with E-state index in [1.807, 2.05) is 6.92 Å². The van der Waals surface area contributed by atoms with Crippen molar-refractivity contribution >= 4 is 0 Å². The van der Waals surface area contributed by atoms with Gasteiger partial charge in [0.1, 0.15) is 0 Å². The van der Waals surface area contributed by atoms with Gasteiger partial charge in [-0.3, -0.25) is 4.39 Å². The van der Waals surface area contributed by atoms with Crippen LogP contribution in [0.2, 0.25) is 0 Å². The Balaban J connectivity index is 3.37. The molecule has 68 valence electrons. The van der Waals surface area contributed by atoms with E-state index in [0.29, 0.717) is 0 Å². The third-order valence-electron chi connectivity index (χ3n) is 2.52. The van der Waals surface area contributed by atoms with Crippen LogP contribution >= 0.6 is 0 Å². The predicted molar refractivity (Wildman–Crippen MR) is 48.4 cm³/mol. The highest BCUT2D eigenvalue weighted by atomic mass is 19.1. The van der Waals surface area contributed by atoms with Crippen molar-refractivity contribution in [1.82, 2.24) is 0 Å². The van der Waals surface area contributed by atoms with Crippen molar-refractivity contribution in [3.8, 4) is 0 Å². The molecule has 0 fully saturated rings. The summed E-state index contributed by atoms with van der Waals surface area (Å²) in [5, 5.41) is 0. The van der Waals surface area contributed by atoms with Crippen molar-refractivity contribution in [2.24, 2.45) is 17.8 Å². The van der Waals surface area contributed by atoms with Gasteiger partial charge in [0.05, 0.1) is 6.67 Å². The molecule has 0 N–H and O–H groups in total. The molecule has 0 bridgehead atoms. The van der Waals surface area contributed by atoms with Crippen LogP contribution in [0.5, 0.6) is 0 Å². The first-order valence-corrected chi connectivity index (χ1v) is 4.63. The van der Waals surface area contributed by atoms with E-state index in [1.165, 1.54) is 6.42 Å². The maximum Gasteiger partial charge on any atom is 0.0919 e. The second kappa shape index (κ2) is 5.56. The second-order valence-electron chi connectivity index (χ2n) is 4.06. The zero-order chi connectivity index (χ0) is 8.85. The monoisotopic (exact) mass is 160 g/mol. The average Bonchev–Trinajstić information content (AvgIpc) is 1.99. The summed E-state index contributed by atoms with van der Waals surface area (Å²) in [4.78, 5) is 0. The van der Waals surface area contributed by atoms with Crippen LogP contribution in [0.25, 0.3) is 0 Å². The Hall–Kier alpha value is -0.0700. The first kappa shape index (κ1) is 10.9. The summed E-state index contributed by atoms with van der Waals surface area (Å²) < 4.78 is 12.0. The maximum atomic E-state index is 12.0. The van der Waals surface area contributed by atoms with Gasteiger partial charge in [-0.05, 0) is 24.2 Å². The molecule has 0 aromatic rings. The maximum absolute atomic E-state index is 12.0. The molecular formula is C10H21F. The van der Waals surface area contributed by atoms with Crippen molar-refractivity contribution in [3.05, 3.63) is 0 Å². The fourth-order valence-electron chi connectivity index (χ4n) is 0.958. The number of hydrogen-bond acceptors (Lipinski definition) is 0. The topological polar surface area (TPSA) is 0 Å². The first-order chi connectivity index (χ1) is 5.07. The van der Waals surface area contributed by atoms with Gasteiger partial charge < -0.3 is 0 Å². The van der Waals surface area contributed by atoms with Crippen LogP contribution in [0.4, 0.5) is 4.39 Å². The van der Waals surface area contributed by atoms with Gasteiger partial charge in [0.25, 0.3) is 0 Å². The average molecular weight is 160 g/mol. The predicted octanol–water partition coefficient (Wildman–Crippen LogP) is 3.66. The highest BCUT2D eigenvalue weighted by Crippen LogP contribution is 2.19. The zero-order valence-electron chi connectivity index (χ0n) is 8.23. The fraction of sp³-hybridized carbons (Fsp3) is 1.00. The van der Waals surface area contributed by atoms with Crippen LogP contribution in [-0.4, -0.2) is 6.67 Å². The Kier molecular flexibility index (Phi) is 5.53. The number of alkyl halides is 1. The molecule has 0 aliphatic rings. The van der Waals surface area contributed by atoms with E-state index < -0.39 is 0 Å². The molecule has 1 heteroatoms. The molecule has 0 amide bonds. The lowest BCUT2D eigenvalue weighted by molar-refractivity contribution is 0.310. The van der Waals surface area contributed by atoms with Crippen molar-refractivity contribution in [1.29, 1.82) is 0 Å². The van der Waals surface area contributed by atoms with Crippen molar-refractivity contribution in [2.75, 3.05) is 6.67 Å². The largest absolute Gasteiger partial charge is 0.251 e. The van der Waals surface area contributed by atoms with E-state index in [9.17, 15) is 4.39 Å². The van der Waals surface area contributed by atoms with Gasteiger partial charge in [-0.25, -0.2) is 0 Å². The van der Waals surface area contributed by atoms with E-state index in [1.54, 1.807) is 0 Å². The Morgan fingerprint density at radius 1 is 1.00 bits per heavy atom. The highest BCUT2D eigenvalue weighted by Gasteiger charge is 2.09. The number of halogens is 1. The zero-order valence-corrected chi connectivity index (χ0v) is 8.23. The van der Waals surface area contributed by atoms with Crippen LogP contribution in [0, 0.1) is 17.8 Å². The van der Waals surface area contributed by atoms with E-state index in [0.717, 1.165) is 18.3 Å². The SMILES string of the molecule is CC(CF)CCC(C)C(C)C. The van der Waals surface area contributed by atoms with Gasteiger partial charge in [0.15, 0.2) is 0 Å². The molecule has 0 rings (SSSR count). The lowest BCUT2D eigenvalue weighted by Crippen LogP contribution is -2.07. The fourth-order valence-corrected chi connectivity index (χ4v) is 0.958. The van der Waals surface area contributed by atoms with Crippen molar-refractivity contribution in [3.63, 3.8) is 0 Å². The number of rotatable bonds is 5. The molecule has 0 aliphatic carbocycles. The minimum absolute atomic E-state index is 0.162. The van der Waals surface area contributed by atoms with Crippen molar-refractivity contribution in [2.45, 2.75) is 40.5 Å². The van der Waals surface area contributed by atoms with Crippen LogP contribution in [0.15, 0.2) is 0 Å². The Labute approximate surface area is 70.2 Å². The minimum Gasteiger partial charge on any atom is -0.251 e. The molecule has 0 spiro atoms. The number of hydrogen-bond donors (Lipinski definition) is 0. The molecule has 0 saturated carbocycles. The van der Waals surface area contributed by atoms with Crippen LogP contribution < -0.4 is 0 Å². The normalized spacial score (nSPS) is 16.9. The Morgan fingerprint density at radius 2 is 1.55 bits per heavy atom. The van der Waals surface area contributed by atoms with Gasteiger partial charge in [-0.15, -0.1) is 0 Å². The lowest BCUT2D eigenvalue weighted by atomic mass is 9.90.